The molecule has 0 aromatic rings. The Hall–Kier alpha value is -0.171. The van der Waals surface area contributed by atoms with E-state index in [1.54, 1.807) is 0 Å². The first-order valence-corrected chi connectivity index (χ1v) is 13.3. The molecule has 0 atom stereocenters. The first-order chi connectivity index (χ1) is 15.8. The van der Waals surface area contributed by atoms with Crippen molar-refractivity contribution in [2.24, 2.45) is 0 Å². The van der Waals surface area contributed by atoms with Crippen molar-refractivity contribution in [2.45, 2.75) is 110 Å². The van der Waals surface area contributed by atoms with E-state index in [4.69, 9.17) is 24.1 Å². The monoisotopic (exact) mass is 523 g/mol. The first kappa shape index (κ1) is 35.0. The van der Waals surface area contributed by atoms with Crippen LogP contribution < -0.4 is 0 Å². The zero-order valence-electron chi connectivity index (χ0n) is 21.3. The average molecular weight is 524 g/mol. The molecule has 0 aliphatic carbocycles. The number of unbranched alkanes of at least 4 members (excludes halogenated alkanes) is 14. The number of esters is 1. The fourth-order valence-corrected chi connectivity index (χ4v) is 3.53. The quantitative estimate of drug-likeness (QED) is 0.0829. The van der Waals surface area contributed by atoms with Gasteiger partial charge in [-0.1, -0.05) is 96.8 Å². The molecular weight excluding hydrogens is 472 g/mol. The SMILES string of the molecule is CCCCCCCCCCCCCCCCCC(=O)OCCOCCOCCOCCO.[Cu]. The number of carbonyl (C=O) groups excluding carboxylic acids is 1. The summed E-state index contributed by atoms with van der Waals surface area (Å²) >= 11 is 0. The number of aliphatic hydroxyl groups is 1. The van der Waals surface area contributed by atoms with E-state index < -0.39 is 0 Å². The Kier molecular flexibility index (Phi) is 33.8. The summed E-state index contributed by atoms with van der Waals surface area (Å²) in [4.78, 5) is 11.7. The molecule has 1 radical (unpaired) electrons. The van der Waals surface area contributed by atoms with Gasteiger partial charge in [0.05, 0.1) is 46.2 Å². The van der Waals surface area contributed by atoms with Crippen molar-refractivity contribution in [3.8, 4) is 0 Å². The van der Waals surface area contributed by atoms with Gasteiger partial charge in [-0.05, 0) is 6.42 Å². The Labute approximate surface area is 214 Å². The largest absolute Gasteiger partial charge is 0.463 e. The van der Waals surface area contributed by atoms with Gasteiger partial charge in [0.15, 0.2) is 0 Å². The number of hydrogen-bond acceptors (Lipinski definition) is 6. The fourth-order valence-electron chi connectivity index (χ4n) is 3.53. The number of carbonyl (C=O) groups is 1. The molecule has 0 aromatic carbocycles. The van der Waals surface area contributed by atoms with Gasteiger partial charge in [-0.2, -0.15) is 0 Å². The number of hydrogen-bond donors (Lipinski definition) is 1. The average Bonchev–Trinajstić information content (AvgIpc) is 2.80. The van der Waals surface area contributed by atoms with Gasteiger partial charge in [-0.25, -0.2) is 0 Å². The maximum atomic E-state index is 11.7. The second-order valence-electron chi connectivity index (χ2n) is 8.48. The zero-order chi connectivity index (χ0) is 23.4. The van der Waals surface area contributed by atoms with Crippen molar-refractivity contribution in [1.82, 2.24) is 0 Å². The fraction of sp³-hybridized carbons (Fsp3) is 0.962. The van der Waals surface area contributed by atoms with Crippen molar-refractivity contribution in [1.29, 1.82) is 0 Å². The van der Waals surface area contributed by atoms with E-state index in [9.17, 15) is 4.79 Å². The van der Waals surface area contributed by atoms with Crippen molar-refractivity contribution in [3.63, 3.8) is 0 Å². The van der Waals surface area contributed by atoms with Crippen LogP contribution in [-0.4, -0.2) is 63.9 Å². The molecule has 0 saturated carbocycles. The predicted octanol–water partition coefficient (Wildman–Crippen LogP) is 5.83. The predicted molar refractivity (Wildman–Crippen MR) is 130 cm³/mol. The third-order valence-electron chi connectivity index (χ3n) is 5.45. The smallest absolute Gasteiger partial charge is 0.305 e. The van der Waals surface area contributed by atoms with E-state index in [0.717, 1.165) is 12.8 Å². The molecule has 0 fully saturated rings. The minimum Gasteiger partial charge on any atom is -0.463 e. The third-order valence-corrected chi connectivity index (χ3v) is 5.45. The maximum absolute atomic E-state index is 11.7. The molecular formula is C26H52CuO6. The van der Waals surface area contributed by atoms with E-state index in [1.165, 1.54) is 83.5 Å². The summed E-state index contributed by atoms with van der Waals surface area (Å²) in [5.41, 5.74) is 0. The van der Waals surface area contributed by atoms with Crippen LogP contribution in [0.3, 0.4) is 0 Å². The molecule has 7 heteroatoms. The molecule has 0 aliphatic rings. The van der Waals surface area contributed by atoms with Crippen LogP contribution in [0.15, 0.2) is 0 Å². The van der Waals surface area contributed by atoms with Crippen molar-refractivity contribution < 1.29 is 45.9 Å². The summed E-state index contributed by atoms with van der Waals surface area (Å²) < 4.78 is 20.9. The normalized spacial score (nSPS) is 10.8. The Balaban J connectivity index is 0. The minimum absolute atomic E-state index is 0. The summed E-state index contributed by atoms with van der Waals surface area (Å²) in [5, 5.41) is 8.56. The van der Waals surface area contributed by atoms with E-state index in [0.29, 0.717) is 52.7 Å². The number of ether oxygens (including phenoxy) is 4. The molecule has 0 spiro atoms. The summed E-state index contributed by atoms with van der Waals surface area (Å²) in [6, 6.07) is 0. The van der Waals surface area contributed by atoms with Crippen LogP contribution in [-0.2, 0) is 40.8 Å². The number of rotatable bonds is 27. The van der Waals surface area contributed by atoms with Gasteiger partial charge < -0.3 is 24.1 Å². The maximum Gasteiger partial charge on any atom is 0.305 e. The Bertz CT molecular complexity index is 371. The minimum atomic E-state index is -0.124. The molecule has 1 N–H and O–H groups in total. The Morgan fingerprint density at radius 2 is 0.909 bits per heavy atom. The molecule has 0 saturated heterocycles. The summed E-state index contributed by atoms with van der Waals surface area (Å²) in [6.45, 7) is 5.24. The van der Waals surface area contributed by atoms with E-state index >= 15 is 0 Å². The molecule has 0 amide bonds. The van der Waals surface area contributed by atoms with Crippen LogP contribution in [0, 0.1) is 0 Å². The summed E-state index contributed by atoms with van der Waals surface area (Å²) in [7, 11) is 0. The van der Waals surface area contributed by atoms with E-state index in [-0.39, 0.29) is 29.6 Å². The van der Waals surface area contributed by atoms with Crippen LogP contribution in [0.2, 0.25) is 0 Å². The molecule has 0 aromatic heterocycles. The van der Waals surface area contributed by atoms with Gasteiger partial charge in [0.1, 0.15) is 6.61 Å². The summed E-state index contributed by atoms with van der Waals surface area (Å²) in [5.74, 6) is -0.124. The molecule has 6 nitrogen and oxygen atoms in total. The second-order valence-corrected chi connectivity index (χ2v) is 8.48. The molecule has 0 bridgehead atoms. The molecule has 33 heavy (non-hydrogen) atoms. The van der Waals surface area contributed by atoms with E-state index in [1.807, 2.05) is 0 Å². The van der Waals surface area contributed by atoms with E-state index in [2.05, 4.69) is 6.92 Å². The van der Waals surface area contributed by atoms with Gasteiger partial charge >= 0.3 is 5.97 Å². The van der Waals surface area contributed by atoms with Gasteiger partial charge in [0.25, 0.3) is 0 Å². The van der Waals surface area contributed by atoms with Crippen LogP contribution in [0.4, 0.5) is 0 Å². The van der Waals surface area contributed by atoms with Gasteiger partial charge in [-0.15, -0.1) is 0 Å². The molecule has 203 valence electrons. The molecule has 0 rings (SSSR count). The standard InChI is InChI=1S/C26H52O6.Cu/c1-2-3-4-5-6-7-8-9-10-11-12-13-14-15-16-17-26(28)32-25-24-31-23-22-30-21-20-29-19-18-27;/h27H,2-25H2,1H3;. The Morgan fingerprint density at radius 1 is 0.545 bits per heavy atom. The van der Waals surface area contributed by atoms with Crippen molar-refractivity contribution in [2.75, 3.05) is 52.9 Å². The van der Waals surface area contributed by atoms with Crippen LogP contribution >= 0.6 is 0 Å². The molecule has 0 unspecified atom stereocenters. The van der Waals surface area contributed by atoms with Gasteiger partial charge in [0.2, 0.25) is 0 Å². The Morgan fingerprint density at radius 3 is 1.33 bits per heavy atom. The van der Waals surface area contributed by atoms with Crippen LogP contribution in [0.5, 0.6) is 0 Å². The second kappa shape index (κ2) is 31.8. The topological polar surface area (TPSA) is 74.2 Å². The summed E-state index contributed by atoms with van der Waals surface area (Å²) in [6.07, 6.45) is 20.4. The molecule has 0 heterocycles. The van der Waals surface area contributed by atoms with Crippen molar-refractivity contribution >= 4 is 5.97 Å². The molecule has 0 aliphatic heterocycles. The zero-order valence-corrected chi connectivity index (χ0v) is 22.2. The van der Waals surface area contributed by atoms with Crippen LogP contribution in [0.25, 0.3) is 0 Å². The van der Waals surface area contributed by atoms with Gasteiger partial charge in [0, 0.05) is 23.5 Å². The third kappa shape index (κ3) is 31.8. The van der Waals surface area contributed by atoms with Gasteiger partial charge in [-0.3, -0.25) is 4.79 Å². The first-order valence-electron chi connectivity index (χ1n) is 13.3. The number of aliphatic hydroxyl groups excluding tert-OH is 1. The van der Waals surface area contributed by atoms with Crippen LogP contribution in [0.1, 0.15) is 110 Å². The van der Waals surface area contributed by atoms with Crippen molar-refractivity contribution in [3.05, 3.63) is 0 Å².